The lowest BCUT2D eigenvalue weighted by molar-refractivity contribution is 0.00991. The van der Waals surface area contributed by atoms with Crippen LogP contribution in [0.15, 0.2) is 23.2 Å². The zero-order chi connectivity index (χ0) is 22.3. The van der Waals surface area contributed by atoms with Crippen LogP contribution in [0.25, 0.3) is 0 Å². The summed E-state index contributed by atoms with van der Waals surface area (Å²) in [6, 6.07) is 6.17. The standard InChI is InChI=1S/C24H41N3O4.HI/c1-5-25-24(27-15-12-21(13-16-27)31-18-8-17-28-4)26-14-11-20-9-10-22(29-6-2)23(19-20)30-7-3;/h9-10,19,21H,5-8,11-18H2,1-4H3,(H,25,26);1H. The molecule has 0 saturated carbocycles. The average Bonchev–Trinajstić information content (AvgIpc) is 2.78. The number of halogens is 1. The van der Waals surface area contributed by atoms with Crippen LogP contribution in [0.1, 0.15) is 45.6 Å². The molecular weight excluding hydrogens is 521 g/mol. The van der Waals surface area contributed by atoms with E-state index in [1.807, 2.05) is 19.9 Å². The maximum Gasteiger partial charge on any atom is 0.193 e. The second-order valence-corrected chi connectivity index (χ2v) is 7.54. The number of nitrogens with zero attached hydrogens (tertiary/aromatic N) is 2. The zero-order valence-corrected chi connectivity index (χ0v) is 22.6. The third-order valence-corrected chi connectivity index (χ3v) is 5.19. The molecule has 1 N–H and O–H groups in total. The van der Waals surface area contributed by atoms with Crippen molar-refractivity contribution in [2.24, 2.45) is 4.99 Å². The molecule has 0 unspecified atom stereocenters. The van der Waals surface area contributed by atoms with Crippen molar-refractivity contribution in [2.45, 2.75) is 52.6 Å². The largest absolute Gasteiger partial charge is 0.490 e. The summed E-state index contributed by atoms with van der Waals surface area (Å²) in [5.74, 6) is 2.61. The Kier molecular flexibility index (Phi) is 15.5. The van der Waals surface area contributed by atoms with E-state index in [1.54, 1.807) is 7.11 Å². The minimum absolute atomic E-state index is 0. The number of rotatable bonds is 13. The van der Waals surface area contributed by atoms with E-state index in [2.05, 4.69) is 29.3 Å². The highest BCUT2D eigenvalue weighted by Gasteiger charge is 2.21. The quantitative estimate of drug-likeness (QED) is 0.169. The molecule has 0 radical (unpaired) electrons. The molecule has 8 heteroatoms. The summed E-state index contributed by atoms with van der Waals surface area (Å²) < 4.78 is 22.5. The third-order valence-electron chi connectivity index (χ3n) is 5.19. The van der Waals surface area contributed by atoms with Crippen LogP contribution in [0.5, 0.6) is 11.5 Å². The number of hydrogen-bond acceptors (Lipinski definition) is 5. The van der Waals surface area contributed by atoms with Gasteiger partial charge in [-0.2, -0.15) is 0 Å². The van der Waals surface area contributed by atoms with Crippen LogP contribution in [-0.4, -0.2) is 76.7 Å². The highest BCUT2D eigenvalue weighted by Crippen LogP contribution is 2.28. The van der Waals surface area contributed by atoms with Crippen LogP contribution in [0.3, 0.4) is 0 Å². The van der Waals surface area contributed by atoms with E-state index in [9.17, 15) is 0 Å². The predicted octanol–water partition coefficient (Wildman–Crippen LogP) is 4.13. The molecule has 184 valence electrons. The van der Waals surface area contributed by atoms with Gasteiger partial charge in [-0.25, -0.2) is 0 Å². The summed E-state index contributed by atoms with van der Waals surface area (Å²) in [5.41, 5.74) is 1.20. The molecule has 1 aromatic rings. The van der Waals surface area contributed by atoms with Crippen molar-refractivity contribution < 1.29 is 18.9 Å². The first-order chi connectivity index (χ1) is 15.2. The summed E-state index contributed by atoms with van der Waals surface area (Å²) in [7, 11) is 1.73. The van der Waals surface area contributed by atoms with Crippen LogP contribution in [0, 0.1) is 0 Å². The van der Waals surface area contributed by atoms with E-state index in [0.29, 0.717) is 19.3 Å². The monoisotopic (exact) mass is 563 g/mol. The molecule has 32 heavy (non-hydrogen) atoms. The summed E-state index contributed by atoms with van der Waals surface area (Å²) in [6.45, 7) is 12.4. The number of aliphatic imine (C=N–C) groups is 1. The molecule has 0 aromatic heterocycles. The van der Waals surface area contributed by atoms with Crippen molar-refractivity contribution in [3.8, 4) is 11.5 Å². The lowest BCUT2D eigenvalue weighted by Gasteiger charge is -2.34. The van der Waals surface area contributed by atoms with E-state index in [1.165, 1.54) is 5.56 Å². The van der Waals surface area contributed by atoms with Crippen LogP contribution in [0.2, 0.25) is 0 Å². The molecule has 1 fully saturated rings. The Morgan fingerprint density at radius 1 is 1.06 bits per heavy atom. The van der Waals surface area contributed by atoms with Gasteiger partial charge >= 0.3 is 0 Å². The number of benzene rings is 1. The Morgan fingerprint density at radius 2 is 1.78 bits per heavy atom. The van der Waals surface area contributed by atoms with Crippen molar-refractivity contribution in [2.75, 3.05) is 59.7 Å². The molecule has 1 aliphatic heterocycles. The molecular formula is C24H42IN3O4. The molecule has 0 amide bonds. The predicted molar refractivity (Wildman–Crippen MR) is 141 cm³/mol. The zero-order valence-electron chi connectivity index (χ0n) is 20.2. The van der Waals surface area contributed by atoms with E-state index in [0.717, 1.165) is 82.5 Å². The van der Waals surface area contributed by atoms with Crippen molar-refractivity contribution in [3.63, 3.8) is 0 Å². The van der Waals surface area contributed by atoms with E-state index in [-0.39, 0.29) is 24.0 Å². The first kappa shape index (κ1) is 28.8. The number of piperidine rings is 1. The molecule has 0 atom stereocenters. The van der Waals surface area contributed by atoms with Crippen LogP contribution >= 0.6 is 24.0 Å². The van der Waals surface area contributed by atoms with E-state index in [4.69, 9.17) is 23.9 Å². The van der Waals surface area contributed by atoms with Gasteiger partial charge in [-0.1, -0.05) is 6.07 Å². The maximum atomic E-state index is 5.98. The summed E-state index contributed by atoms with van der Waals surface area (Å²) in [5, 5.41) is 3.44. The van der Waals surface area contributed by atoms with E-state index < -0.39 is 0 Å². The molecule has 0 spiro atoms. The topological polar surface area (TPSA) is 64.6 Å². The van der Waals surface area contributed by atoms with Gasteiger partial charge in [0.25, 0.3) is 0 Å². The smallest absolute Gasteiger partial charge is 0.193 e. The molecule has 2 rings (SSSR count). The fourth-order valence-corrected chi connectivity index (χ4v) is 3.66. The molecule has 0 aliphatic carbocycles. The Balaban J connectivity index is 0.00000512. The van der Waals surface area contributed by atoms with Crippen molar-refractivity contribution >= 4 is 29.9 Å². The highest BCUT2D eigenvalue weighted by atomic mass is 127. The number of hydrogen-bond donors (Lipinski definition) is 1. The maximum absolute atomic E-state index is 5.98. The number of nitrogens with one attached hydrogen (secondary N) is 1. The molecule has 1 aliphatic rings. The van der Waals surface area contributed by atoms with Gasteiger partial charge in [0.1, 0.15) is 0 Å². The Bertz CT molecular complexity index is 652. The number of guanidine groups is 1. The first-order valence-corrected chi connectivity index (χ1v) is 11.7. The fraction of sp³-hybridized carbons (Fsp3) is 0.708. The minimum Gasteiger partial charge on any atom is -0.490 e. The first-order valence-electron chi connectivity index (χ1n) is 11.7. The van der Waals surface area contributed by atoms with Gasteiger partial charge in [0.15, 0.2) is 17.5 Å². The molecule has 1 heterocycles. The van der Waals surface area contributed by atoms with Gasteiger partial charge in [0.2, 0.25) is 0 Å². The van der Waals surface area contributed by atoms with Gasteiger partial charge in [-0.3, -0.25) is 4.99 Å². The van der Waals surface area contributed by atoms with E-state index >= 15 is 0 Å². The highest BCUT2D eigenvalue weighted by molar-refractivity contribution is 14.0. The van der Waals surface area contributed by atoms with Crippen LogP contribution in [-0.2, 0) is 15.9 Å². The summed E-state index contributed by atoms with van der Waals surface area (Å²) >= 11 is 0. The number of likely N-dealkylation sites (tertiary alicyclic amines) is 1. The van der Waals surface area contributed by atoms with Crippen molar-refractivity contribution in [1.29, 1.82) is 0 Å². The van der Waals surface area contributed by atoms with Crippen LogP contribution < -0.4 is 14.8 Å². The van der Waals surface area contributed by atoms with Gasteiger partial charge in [0, 0.05) is 46.5 Å². The summed E-state index contributed by atoms with van der Waals surface area (Å²) in [6.07, 6.45) is 4.23. The van der Waals surface area contributed by atoms with Crippen LogP contribution in [0.4, 0.5) is 0 Å². The number of methoxy groups -OCH3 is 1. The molecule has 0 bridgehead atoms. The van der Waals surface area contributed by atoms with Gasteiger partial charge in [-0.05, 0) is 64.2 Å². The lowest BCUT2D eigenvalue weighted by atomic mass is 10.1. The van der Waals surface area contributed by atoms with Crippen molar-refractivity contribution in [3.05, 3.63) is 23.8 Å². The number of ether oxygens (including phenoxy) is 4. The average molecular weight is 564 g/mol. The second-order valence-electron chi connectivity index (χ2n) is 7.54. The van der Waals surface area contributed by atoms with Gasteiger partial charge in [-0.15, -0.1) is 24.0 Å². The molecule has 1 aromatic carbocycles. The Labute approximate surface area is 211 Å². The lowest BCUT2D eigenvalue weighted by Crippen LogP contribution is -2.47. The van der Waals surface area contributed by atoms with Gasteiger partial charge in [0.05, 0.1) is 19.3 Å². The molecule has 7 nitrogen and oxygen atoms in total. The fourth-order valence-electron chi connectivity index (χ4n) is 3.66. The Morgan fingerprint density at radius 3 is 2.44 bits per heavy atom. The SMILES string of the molecule is CCNC(=NCCc1ccc(OCC)c(OCC)c1)N1CCC(OCCCOC)CC1.I. The second kappa shape index (κ2) is 17.2. The Hall–Kier alpha value is -1.26. The third kappa shape index (κ3) is 10.1. The normalized spacial score (nSPS) is 14.8. The summed E-state index contributed by atoms with van der Waals surface area (Å²) in [4.78, 5) is 7.23. The molecule has 1 saturated heterocycles. The van der Waals surface area contributed by atoms with Gasteiger partial charge < -0.3 is 29.2 Å². The van der Waals surface area contributed by atoms with Crippen molar-refractivity contribution in [1.82, 2.24) is 10.2 Å². The minimum atomic E-state index is 0.